The Hall–Kier alpha value is -3.55. The summed E-state index contributed by atoms with van der Waals surface area (Å²) >= 11 is 0. The van der Waals surface area contributed by atoms with Gasteiger partial charge in [0.2, 0.25) is 0 Å². The maximum Gasteiger partial charge on any atom is 0.270 e. The second-order valence-corrected chi connectivity index (χ2v) is 5.16. The van der Waals surface area contributed by atoms with E-state index in [0.717, 1.165) is 11.0 Å². The van der Waals surface area contributed by atoms with E-state index in [0.29, 0.717) is 0 Å². The van der Waals surface area contributed by atoms with E-state index in [1.54, 1.807) is 6.07 Å². The molecule has 0 fully saturated rings. The van der Waals surface area contributed by atoms with Crippen molar-refractivity contribution in [3.63, 3.8) is 0 Å². The molecule has 1 aliphatic rings. The van der Waals surface area contributed by atoms with Crippen LogP contribution in [0.5, 0.6) is 0 Å². The summed E-state index contributed by atoms with van der Waals surface area (Å²) in [4.78, 5) is 47.6. The van der Waals surface area contributed by atoms with Gasteiger partial charge in [-0.15, -0.1) is 0 Å². The Labute approximate surface area is 135 Å². The molecule has 8 heteroatoms. The molecular weight excluding hydrogens is 314 g/mol. The number of nitrogens with zero attached hydrogens (tertiary/aromatic N) is 2. The molecule has 0 bridgehead atoms. The first-order valence-electron chi connectivity index (χ1n) is 6.91. The number of hydrogen-bond acceptors (Lipinski definition) is 5. The summed E-state index contributed by atoms with van der Waals surface area (Å²) in [6.45, 7) is 0. The molecule has 2 aromatic carbocycles. The highest BCUT2D eigenvalue weighted by Crippen LogP contribution is 2.29. The predicted molar refractivity (Wildman–Crippen MR) is 83.9 cm³/mol. The molecule has 1 N–H and O–H groups in total. The van der Waals surface area contributed by atoms with Gasteiger partial charge in [-0.1, -0.05) is 12.1 Å². The lowest BCUT2D eigenvalue weighted by atomic mass is 10.1. The zero-order valence-corrected chi connectivity index (χ0v) is 12.5. The van der Waals surface area contributed by atoms with Gasteiger partial charge in [0.15, 0.2) is 0 Å². The van der Waals surface area contributed by atoms with Crippen LogP contribution in [-0.4, -0.2) is 34.6 Å². The van der Waals surface area contributed by atoms with Gasteiger partial charge in [-0.2, -0.15) is 0 Å². The van der Waals surface area contributed by atoms with Crippen LogP contribution in [0.15, 0.2) is 42.5 Å². The predicted octanol–water partition coefficient (Wildman–Crippen LogP) is 2.07. The third kappa shape index (κ3) is 2.39. The minimum Gasteiger partial charge on any atom is -0.321 e. The highest BCUT2D eigenvalue weighted by molar-refractivity contribution is 6.24. The van der Waals surface area contributed by atoms with Crippen molar-refractivity contribution in [1.29, 1.82) is 0 Å². The van der Waals surface area contributed by atoms with Crippen molar-refractivity contribution in [3.05, 3.63) is 69.3 Å². The third-order valence-electron chi connectivity index (χ3n) is 3.69. The Morgan fingerprint density at radius 1 is 1.12 bits per heavy atom. The number of imide groups is 1. The van der Waals surface area contributed by atoms with Crippen molar-refractivity contribution in [2.24, 2.45) is 0 Å². The zero-order chi connectivity index (χ0) is 17.4. The largest absolute Gasteiger partial charge is 0.321 e. The summed E-state index contributed by atoms with van der Waals surface area (Å²) in [6, 6.07) is 9.77. The molecule has 0 unspecified atom stereocenters. The summed E-state index contributed by atoms with van der Waals surface area (Å²) in [7, 11) is 1.36. The number of fused-ring (bicyclic) bond motifs is 1. The second kappa shape index (κ2) is 5.58. The van der Waals surface area contributed by atoms with Crippen molar-refractivity contribution in [1.82, 2.24) is 4.90 Å². The maximum atomic E-state index is 12.3. The van der Waals surface area contributed by atoms with Crippen LogP contribution in [0.2, 0.25) is 0 Å². The smallest absolute Gasteiger partial charge is 0.270 e. The Kier molecular flexibility index (Phi) is 3.57. The third-order valence-corrected chi connectivity index (χ3v) is 3.69. The fourth-order valence-corrected chi connectivity index (χ4v) is 2.46. The Morgan fingerprint density at radius 2 is 1.83 bits per heavy atom. The highest BCUT2D eigenvalue weighted by Gasteiger charge is 2.35. The summed E-state index contributed by atoms with van der Waals surface area (Å²) in [5.74, 6) is -1.56. The summed E-state index contributed by atoms with van der Waals surface area (Å²) in [6.07, 6.45) is 0. The van der Waals surface area contributed by atoms with E-state index in [4.69, 9.17) is 0 Å². The first-order chi connectivity index (χ1) is 11.4. The molecule has 0 saturated carbocycles. The molecule has 2 aromatic rings. The standard InChI is InChI=1S/C16H11N3O5/c1-18-15(21)11-6-3-7-12(13(11)16(18)22)17-14(20)9-4-2-5-10(8-9)19(23)24/h2-8H,1H3,(H,17,20). The van der Waals surface area contributed by atoms with Gasteiger partial charge in [-0.05, 0) is 18.2 Å². The number of nitrogens with one attached hydrogen (secondary N) is 1. The number of carbonyl (C=O) groups excluding carboxylic acids is 3. The van der Waals surface area contributed by atoms with E-state index in [9.17, 15) is 24.5 Å². The molecule has 0 aliphatic carbocycles. The topological polar surface area (TPSA) is 110 Å². The average Bonchev–Trinajstić information content (AvgIpc) is 2.80. The lowest BCUT2D eigenvalue weighted by molar-refractivity contribution is -0.384. The summed E-state index contributed by atoms with van der Waals surface area (Å²) in [5.41, 5.74) is 0.369. The number of hydrogen-bond donors (Lipinski definition) is 1. The monoisotopic (exact) mass is 325 g/mol. The quantitative estimate of drug-likeness (QED) is 0.528. The minimum atomic E-state index is -0.609. The molecule has 24 heavy (non-hydrogen) atoms. The number of non-ortho nitro benzene ring substituents is 1. The molecule has 0 radical (unpaired) electrons. The average molecular weight is 325 g/mol. The maximum absolute atomic E-state index is 12.3. The van der Waals surface area contributed by atoms with Crippen molar-refractivity contribution in [3.8, 4) is 0 Å². The Bertz CT molecular complexity index is 906. The van der Waals surface area contributed by atoms with Crippen LogP contribution in [0.25, 0.3) is 0 Å². The number of benzene rings is 2. The summed E-state index contributed by atoms with van der Waals surface area (Å²) < 4.78 is 0. The van der Waals surface area contributed by atoms with Gasteiger partial charge in [0.1, 0.15) is 0 Å². The van der Waals surface area contributed by atoms with Crippen LogP contribution in [0.1, 0.15) is 31.1 Å². The summed E-state index contributed by atoms with van der Waals surface area (Å²) in [5, 5.41) is 13.3. The van der Waals surface area contributed by atoms with Crippen LogP contribution in [0.4, 0.5) is 11.4 Å². The number of rotatable bonds is 3. The van der Waals surface area contributed by atoms with E-state index >= 15 is 0 Å². The molecular formula is C16H11N3O5. The molecule has 0 aromatic heterocycles. The zero-order valence-electron chi connectivity index (χ0n) is 12.5. The van der Waals surface area contributed by atoms with E-state index in [1.165, 1.54) is 37.4 Å². The van der Waals surface area contributed by atoms with Crippen molar-refractivity contribution < 1.29 is 19.3 Å². The number of carbonyl (C=O) groups is 3. The first-order valence-corrected chi connectivity index (χ1v) is 6.91. The normalized spacial score (nSPS) is 13.0. The van der Waals surface area contributed by atoms with Crippen molar-refractivity contribution >= 4 is 29.1 Å². The van der Waals surface area contributed by atoms with Gasteiger partial charge in [0.05, 0.1) is 21.7 Å². The lowest BCUT2D eigenvalue weighted by Crippen LogP contribution is -2.24. The molecule has 1 heterocycles. The van der Waals surface area contributed by atoms with Gasteiger partial charge >= 0.3 is 0 Å². The molecule has 3 amide bonds. The molecule has 1 aliphatic heterocycles. The SMILES string of the molecule is CN1C(=O)c2cccc(NC(=O)c3cccc([N+](=O)[O-])c3)c2C1=O. The van der Waals surface area contributed by atoms with Crippen molar-refractivity contribution in [2.75, 3.05) is 12.4 Å². The molecule has 120 valence electrons. The lowest BCUT2D eigenvalue weighted by Gasteiger charge is -2.09. The van der Waals surface area contributed by atoms with Crippen LogP contribution in [0, 0.1) is 10.1 Å². The Morgan fingerprint density at radius 3 is 2.54 bits per heavy atom. The number of amides is 3. The number of nitro benzene ring substituents is 1. The molecule has 0 atom stereocenters. The van der Waals surface area contributed by atoms with Crippen LogP contribution >= 0.6 is 0 Å². The van der Waals surface area contributed by atoms with E-state index < -0.39 is 22.6 Å². The van der Waals surface area contributed by atoms with Crippen LogP contribution in [0.3, 0.4) is 0 Å². The van der Waals surface area contributed by atoms with Crippen LogP contribution < -0.4 is 5.32 Å². The van der Waals surface area contributed by atoms with Crippen LogP contribution in [-0.2, 0) is 0 Å². The Balaban J connectivity index is 1.95. The van der Waals surface area contributed by atoms with Gasteiger partial charge in [0.25, 0.3) is 23.4 Å². The fraction of sp³-hybridized carbons (Fsp3) is 0.0625. The number of nitro groups is 1. The van der Waals surface area contributed by atoms with Crippen molar-refractivity contribution in [2.45, 2.75) is 0 Å². The molecule has 0 spiro atoms. The van der Waals surface area contributed by atoms with E-state index in [1.807, 2.05) is 0 Å². The fourth-order valence-electron chi connectivity index (χ4n) is 2.46. The molecule has 0 saturated heterocycles. The number of anilines is 1. The first kappa shape index (κ1) is 15.3. The van der Waals surface area contributed by atoms with Gasteiger partial charge in [0, 0.05) is 24.7 Å². The highest BCUT2D eigenvalue weighted by atomic mass is 16.6. The minimum absolute atomic E-state index is 0.0759. The second-order valence-electron chi connectivity index (χ2n) is 5.16. The van der Waals surface area contributed by atoms with E-state index in [-0.39, 0.29) is 28.1 Å². The van der Waals surface area contributed by atoms with Gasteiger partial charge < -0.3 is 5.32 Å². The van der Waals surface area contributed by atoms with Gasteiger partial charge in [-0.3, -0.25) is 29.4 Å². The van der Waals surface area contributed by atoms with E-state index in [2.05, 4.69) is 5.32 Å². The van der Waals surface area contributed by atoms with Gasteiger partial charge in [-0.25, -0.2) is 0 Å². The molecule has 8 nitrogen and oxygen atoms in total. The molecule has 3 rings (SSSR count).